The summed E-state index contributed by atoms with van der Waals surface area (Å²) in [6.07, 6.45) is 4.37. The first-order valence-corrected chi connectivity index (χ1v) is 9.89. The minimum absolute atomic E-state index is 0.0444. The zero-order chi connectivity index (χ0) is 18.1. The highest BCUT2D eigenvalue weighted by Crippen LogP contribution is 2.38. The van der Waals surface area contributed by atoms with Crippen molar-refractivity contribution in [2.24, 2.45) is 5.92 Å². The van der Waals surface area contributed by atoms with E-state index in [-0.39, 0.29) is 23.9 Å². The largest absolute Gasteiger partial charge is 0.331 e. The maximum absolute atomic E-state index is 13.4. The van der Waals surface area contributed by atoms with Crippen LogP contribution >= 0.6 is 11.3 Å². The third kappa shape index (κ3) is 2.98. The molecule has 8 heteroatoms. The Morgan fingerprint density at radius 2 is 2.23 bits per heavy atom. The molecule has 1 amide bonds. The second-order valence-electron chi connectivity index (χ2n) is 6.83. The summed E-state index contributed by atoms with van der Waals surface area (Å²) in [5.41, 5.74) is 1.01. The molecule has 0 saturated carbocycles. The molecular weight excluding hydrogens is 348 g/mol. The number of carbonyl (C=O) groups is 1. The Bertz CT molecular complexity index is 859. The zero-order valence-electron chi connectivity index (χ0n) is 14.9. The molecule has 1 fully saturated rings. The Morgan fingerprint density at radius 3 is 2.96 bits per heavy atom. The lowest BCUT2D eigenvalue weighted by atomic mass is 9.97. The van der Waals surface area contributed by atoms with E-state index in [1.165, 1.54) is 11.0 Å². The summed E-state index contributed by atoms with van der Waals surface area (Å²) in [4.78, 5) is 20.2. The lowest BCUT2D eigenvalue weighted by Gasteiger charge is -2.30. The molecule has 3 heterocycles. The number of rotatable bonds is 5. The van der Waals surface area contributed by atoms with E-state index >= 15 is 0 Å². The van der Waals surface area contributed by atoms with Gasteiger partial charge in [0.2, 0.25) is 5.91 Å². The number of fused-ring (bicyclic) bond motifs is 1. The highest BCUT2D eigenvalue weighted by Gasteiger charge is 2.38. The summed E-state index contributed by atoms with van der Waals surface area (Å²) in [7, 11) is 0. The van der Waals surface area contributed by atoms with E-state index in [2.05, 4.69) is 35.4 Å². The van der Waals surface area contributed by atoms with Gasteiger partial charge in [0.25, 0.3) is 0 Å². The van der Waals surface area contributed by atoms with Gasteiger partial charge in [0.15, 0.2) is 0 Å². The first kappa shape index (κ1) is 17.1. The predicted octanol–water partition coefficient (Wildman–Crippen LogP) is 3.23. The van der Waals surface area contributed by atoms with Gasteiger partial charge in [-0.1, -0.05) is 32.4 Å². The topological polar surface area (TPSA) is 76.8 Å². The number of tetrazole rings is 1. The van der Waals surface area contributed by atoms with Gasteiger partial charge >= 0.3 is 0 Å². The number of amides is 1. The number of likely N-dealkylation sites (tertiary alicyclic amines) is 1. The second-order valence-corrected chi connectivity index (χ2v) is 7.89. The third-order valence-corrected chi connectivity index (χ3v) is 6.35. The summed E-state index contributed by atoms with van der Waals surface area (Å²) in [5.74, 6) is 0.246. The highest BCUT2D eigenvalue weighted by molar-refractivity contribution is 7.18. The molecule has 4 rings (SSSR count). The van der Waals surface area contributed by atoms with Crippen LogP contribution in [0.15, 0.2) is 30.6 Å². The van der Waals surface area contributed by atoms with Crippen LogP contribution in [0.4, 0.5) is 0 Å². The van der Waals surface area contributed by atoms with E-state index in [9.17, 15) is 4.79 Å². The van der Waals surface area contributed by atoms with Gasteiger partial charge in [0.1, 0.15) is 17.4 Å². The van der Waals surface area contributed by atoms with Crippen molar-refractivity contribution >= 4 is 27.5 Å². The standard InChI is InChI=1S/C18H22N6OS/c1-3-12(2)16(24-11-19-21-22-24)18(25)23-10-6-8-14(23)17-20-13-7-4-5-9-15(13)26-17/h4-5,7,9,11-12,14,16H,3,6,8,10H2,1-2H3/t12-,14+,16-/m0/s1. The van der Waals surface area contributed by atoms with Crippen LogP contribution in [0, 0.1) is 5.92 Å². The first-order chi connectivity index (χ1) is 12.7. The van der Waals surface area contributed by atoms with Crippen LogP contribution in [0.2, 0.25) is 0 Å². The number of aromatic nitrogens is 5. The van der Waals surface area contributed by atoms with Crippen LogP contribution < -0.4 is 0 Å². The summed E-state index contributed by atoms with van der Waals surface area (Å²) in [6, 6.07) is 7.81. The molecule has 3 aromatic rings. The van der Waals surface area contributed by atoms with Gasteiger partial charge < -0.3 is 4.90 Å². The molecule has 1 aliphatic rings. The molecule has 0 radical (unpaired) electrons. The molecular formula is C18H22N6OS. The number of hydrogen-bond acceptors (Lipinski definition) is 6. The zero-order valence-corrected chi connectivity index (χ0v) is 15.8. The van der Waals surface area contributed by atoms with Crippen molar-refractivity contribution in [1.82, 2.24) is 30.1 Å². The summed E-state index contributed by atoms with van der Waals surface area (Å²) >= 11 is 1.69. The van der Waals surface area contributed by atoms with Gasteiger partial charge in [0, 0.05) is 6.54 Å². The van der Waals surface area contributed by atoms with Gasteiger partial charge in [-0.05, 0) is 41.3 Å². The van der Waals surface area contributed by atoms with Crippen molar-refractivity contribution in [3.8, 4) is 0 Å². The molecule has 3 atom stereocenters. The van der Waals surface area contributed by atoms with Crippen molar-refractivity contribution in [1.29, 1.82) is 0 Å². The monoisotopic (exact) mass is 370 g/mol. The van der Waals surface area contributed by atoms with E-state index in [1.54, 1.807) is 16.0 Å². The van der Waals surface area contributed by atoms with E-state index in [0.717, 1.165) is 36.3 Å². The summed E-state index contributed by atoms with van der Waals surface area (Å²) in [5, 5.41) is 12.5. The quantitative estimate of drug-likeness (QED) is 0.689. The molecule has 0 spiro atoms. The average Bonchev–Trinajstić information content (AvgIpc) is 3.39. The van der Waals surface area contributed by atoms with Crippen LogP contribution in [0.1, 0.15) is 50.2 Å². The maximum Gasteiger partial charge on any atom is 0.248 e. The van der Waals surface area contributed by atoms with Crippen molar-refractivity contribution in [2.45, 2.75) is 45.2 Å². The number of carbonyl (C=O) groups excluding carboxylic acids is 1. The van der Waals surface area contributed by atoms with Gasteiger partial charge in [0.05, 0.1) is 16.3 Å². The van der Waals surface area contributed by atoms with Crippen molar-refractivity contribution in [3.63, 3.8) is 0 Å². The fourth-order valence-electron chi connectivity index (χ4n) is 3.63. The second kappa shape index (κ2) is 7.11. The van der Waals surface area contributed by atoms with E-state index in [0.29, 0.717) is 0 Å². The van der Waals surface area contributed by atoms with E-state index < -0.39 is 0 Å². The Morgan fingerprint density at radius 1 is 1.38 bits per heavy atom. The number of hydrogen-bond donors (Lipinski definition) is 0. The van der Waals surface area contributed by atoms with Crippen molar-refractivity contribution < 1.29 is 4.79 Å². The molecule has 0 unspecified atom stereocenters. The lowest BCUT2D eigenvalue weighted by molar-refractivity contribution is -0.137. The first-order valence-electron chi connectivity index (χ1n) is 9.07. The Hall–Kier alpha value is -2.35. The molecule has 1 aliphatic heterocycles. The molecule has 26 heavy (non-hydrogen) atoms. The Balaban J connectivity index is 1.65. The number of nitrogens with zero attached hydrogens (tertiary/aromatic N) is 6. The predicted molar refractivity (Wildman–Crippen MR) is 99.6 cm³/mol. The third-order valence-electron chi connectivity index (χ3n) is 5.22. The van der Waals surface area contributed by atoms with Crippen LogP contribution in [0.25, 0.3) is 10.2 Å². The normalized spacial score (nSPS) is 19.8. The maximum atomic E-state index is 13.4. The minimum Gasteiger partial charge on any atom is -0.331 e. The summed E-state index contributed by atoms with van der Waals surface area (Å²) < 4.78 is 2.77. The minimum atomic E-state index is -0.370. The van der Waals surface area contributed by atoms with Gasteiger partial charge in [-0.2, -0.15) is 0 Å². The van der Waals surface area contributed by atoms with E-state index in [4.69, 9.17) is 4.98 Å². The van der Waals surface area contributed by atoms with Gasteiger partial charge in [-0.3, -0.25) is 4.79 Å². The molecule has 1 saturated heterocycles. The number of benzene rings is 1. The van der Waals surface area contributed by atoms with Gasteiger partial charge in [-0.15, -0.1) is 16.4 Å². The fraction of sp³-hybridized carbons (Fsp3) is 0.500. The van der Waals surface area contributed by atoms with Crippen molar-refractivity contribution in [2.75, 3.05) is 6.54 Å². The summed E-state index contributed by atoms with van der Waals surface area (Å²) in [6.45, 7) is 4.92. The number of thiazole rings is 1. The van der Waals surface area contributed by atoms with Crippen LogP contribution in [0.3, 0.4) is 0 Å². The molecule has 0 N–H and O–H groups in total. The highest BCUT2D eigenvalue weighted by atomic mass is 32.1. The molecule has 0 aliphatic carbocycles. The SMILES string of the molecule is CC[C@H](C)[C@@H](C(=O)N1CCC[C@@H]1c1nc2ccccc2s1)n1cnnn1. The molecule has 1 aromatic carbocycles. The lowest BCUT2D eigenvalue weighted by Crippen LogP contribution is -2.39. The molecule has 2 aromatic heterocycles. The van der Waals surface area contributed by atoms with Crippen LogP contribution in [-0.2, 0) is 4.79 Å². The Labute approximate surface area is 156 Å². The van der Waals surface area contributed by atoms with E-state index in [1.807, 2.05) is 23.1 Å². The van der Waals surface area contributed by atoms with Crippen molar-refractivity contribution in [3.05, 3.63) is 35.6 Å². The smallest absolute Gasteiger partial charge is 0.248 e. The molecule has 136 valence electrons. The van der Waals surface area contributed by atoms with Gasteiger partial charge in [-0.25, -0.2) is 9.67 Å². The fourth-order valence-corrected chi connectivity index (χ4v) is 4.74. The number of para-hydroxylation sites is 1. The molecule has 7 nitrogen and oxygen atoms in total. The van der Waals surface area contributed by atoms with Crippen LogP contribution in [0.5, 0.6) is 0 Å². The Kier molecular flexibility index (Phi) is 4.67. The van der Waals surface area contributed by atoms with Crippen LogP contribution in [-0.4, -0.2) is 42.5 Å². The molecule has 0 bridgehead atoms. The average molecular weight is 370 g/mol.